The summed E-state index contributed by atoms with van der Waals surface area (Å²) in [6.45, 7) is -10.9. The van der Waals surface area contributed by atoms with Crippen molar-refractivity contribution in [3.63, 3.8) is 0 Å². The predicted molar refractivity (Wildman–Crippen MR) is 386 cm³/mol. The van der Waals surface area contributed by atoms with E-state index in [0.717, 1.165) is 13.8 Å². The molecule has 11 aliphatic rings. The van der Waals surface area contributed by atoms with Crippen LogP contribution in [0.25, 0.3) is 0 Å². The molecule has 128 heavy (non-hydrogen) atoms. The van der Waals surface area contributed by atoms with Gasteiger partial charge >= 0.3 is 0 Å². The Morgan fingerprint density at radius 2 is 0.430 bits per heavy atom. The minimum atomic E-state index is -2.69. The molecular weight excluding hydrogens is 1760 g/mol. The molecule has 2 amide bonds. The van der Waals surface area contributed by atoms with Crippen LogP contribution in [0.3, 0.4) is 0 Å². The van der Waals surface area contributed by atoms with Crippen molar-refractivity contribution in [1.29, 1.82) is 0 Å². The summed E-state index contributed by atoms with van der Waals surface area (Å²) in [6, 6.07) is -3.71. The van der Waals surface area contributed by atoms with E-state index in [2.05, 4.69) is 10.6 Å². The molecule has 0 aromatic carbocycles. The summed E-state index contributed by atoms with van der Waals surface area (Å²) in [6.07, 6.45) is -117. The minimum absolute atomic E-state index is 0.824. The monoisotopic (exact) mass is 1880 g/mol. The van der Waals surface area contributed by atoms with Gasteiger partial charge in [0.15, 0.2) is 69.2 Å². The maximum atomic E-state index is 13.1. The molecule has 35 N–H and O–H groups in total. The van der Waals surface area contributed by atoms with Gasteiger partial charge in [-0.15, -0.1) is 0 Å². The zero-order chi connectivity index (χ0) is 94.0. The Morgan fingerprint density at radius 1 is 0.203 bits per heavy atom. The van der Waals surface area contributed by atoms with Crippen LogP contribution in [0.4, 0.5) is 0 Å². The number of amides is 2. The average molecular weight is 1880 g/mol. The van der Waals surface area contributed by atoms with Gasteiger partial charge in [0, 0.05) is 13.8 Å². The third-order valence-corrected chi connectivity index (χ3v) is 23.8. The number of aliphatic hydroxyl groups is 33. The average Bonchev–Trinajstić information content (AvgIpc) is 0.758. The van der Waals surface area contributed by atoms with Crippen molar-refractivity contribution in [1.82, 2.24) is 10.6 Å². The quantitative estimate of drug-likeness (QED) is 0.0290. The van der Waals surface area contributed by atoms with Crippen LogP contribution in [-0.4, -0.2) is 591 Å². The molecule has 0 aromatic rings. The fourth-order valence-electron chi connectivity index (χ4n) is 16.5. The van der Waals surface area contributed by atoms with Gasteiger partial charge in [0.25, 0.3) is 0 Å². The van der Waals surface area contributed by atoms with Gasteiger partial charge in [-0.3, -0.25) is 9.59 Å². The number of nitrogens with one attached hydrogen (secondary N) is 2. The SMILES string of the molecule is CC(=O)N[C@@H]1[C@@H](O)[C@H](O[C@@H]2O[C@H](CO)[C@@H](OC3O[C@H](COC4O[C@H](COC5O[C@H](CO)[C@@H](O)[C@H](O)[C@@H]5OC5O[C@H](CO)[C@@H](O)[C@H](O)[C@@H]5O)[C@@H](O)[C@H](OC5O[C@H](CO)[C@@H](O)[C@H](O)[C@@H]5OC5O[C@H](CO)[C@@H](O)[C@H](O)[C@@H]5O)[C@@H]4O)[C@@H](O)[C@H](OC4O[C@H](CO)[C@@H](O)[C@H](O)[C@@H]4OC4O[C@H](CO)[C@@H](O)[C@H](O)[C@@H]4OC4O[C@H](CO)[C@@H](O)[C@H](O)[C@@H]4O)[C@@H]3O)[C@H](O)[C@H]2NC(C)=O)[C@@H](CO)O[C@H]1O. The lowest BCUT2D eigenvalue weighted by atomic mass is 9.94. The second kappa shape index (κ2) is 45.8. The lowest BCUT2D eigenvalue weighted by Gasteiger charge is -2.51. The van der Waals surface area contributed by atoms with Crippen LogP contribution in [0, 0.1) is 0 Å². The number of hydrogen-bond donors (Lipinski definition) is 35. The molecule has 11 saturated heterocycles. The van der Waals surface area contributed by atoms with E-state index < -0.39 is 422 Å². The highest BCUT2D eigenvalue weighted by Gasteiger charge is 2.62. The van der Waals surface area contributed by atoms with Crippen LogP contribution >= 0.6 is 0 Å². The standard InChI is InChI=1S/C70H118N2O56/c1-14(82)71-27-38(93)52(23(10-80)110-60(27)107)121-61-28(72-15(2)83)39(94)53(24(11-81)118-61)122-66-51(106)55(124-69-59(46(101)35(90)21(8-78)116-69)128-70-58(45(100)34(89)22(9-79)117-70)127-65-49(104)42(97)31(86)18(5-75)113-65)37(92)26(120-66)12-108-62-50(105)54(123-68-57(44(99)33(88)20(7-77)115-68)126-64-48(103)41(96)30(85)17(4-74)112-64)36(91)25(119-62)13-109-67-56(43(98)32(87)19(6-76)114-67)125-63-47(102)40(95)29(84)16(3-73)111-63/h16-70,73-81,84-107H,3-13H2,1-2H3,(H,71,82)(H,72,83)/t16-,17-,18-,19-,20-,21-,22-,23-,24-,25-,26-,27-,28-,29-,30-,31-,32-,33-,34-,35-,36-,37-,38-,39-,40+,41+,42+,43+,44+,45+,46+,47+,48+,49+,50+,51+,52-,53-,54+,55+,56+,57+,58+,59+,60-,61+,62?,63?,64?,65?,66?,67?,68?,69?,70?/m1/s1. The third-order valence-electron chi connectivity index (χ3n) is 23.8. The van der Waals surface area contributed by atoms with E-state index in [4.69, 9.17) is 99.5 Å². The van der Waals surface area contributed by atoms with E-state index in [0.29, 0.717) is 0 Å². The molecule has 9 unspecified atom stereocenters. The molecule has 744 valence electrons. The lowest BCUT2D eigenvalue weighted by Crippen LogP contribution is -2.70. The molecule has 55 atom stereocenters. The Labute approximate surface area is 722 Å². The van der Waals surface area contributed by atoms with E-state index in [-0.39, 0.29) is 0 Å². The zero-order valence-corrected chi connectivity index (χ0v) is 67.7. The van der Waals surface area contributed by atoms with Crippen molar-refractivity contribution in [3.05, 3.63) is 0 Å². The maximum absolute atomic E-state index is 13.1. The molecule has 0 aromatic heterocycles. The second-order valence-corrected chi connectivity index (χ2v) is 32.3. The Bertz CT molecular complexity index is 3380. The largest absolute Gasteiger partial charge is 0.394 e. The first-order valence-electron chi connectivity index (χ1n) is 40.7. The van der Waals surface area contributed by atoms with Gasteiger partial charge < -0.3 is 279 Å². The Morgan fingerprint density at radius 3 is 0.773 bits per heavy atom. The van der Waals surface area contributed by atoms with Crippen molar-refractivity contribution in [3.8, 4) is 0 Å². The van der Waals surface area contributed by atoms with Gasteiger partial charge in [-0.1, -0.05) is 0 Å². The van der Waals surface area contributed by atoms with E-state index in [1.54, 1.807) is 0 Å². The molecular formula is C70H118N2O56. The number of aliphatic hydroxyl groups excluding tert-OH is 33. The Kier molecular flexibility index (Phi) is 37.7. The molecule has 11 fully saturated rings. The van der Waals surface area contributed by atoms with Gasteiger partial charge in [0.2, 0.25) is 11.8 Å². The van der Waals surface area contributed by atoms with Crippen molar-refractivity contribution in [2.24, 2.45) is 0 Å². The van der Waals surface area contributed by atoms with E-state index in [9.17, 15) is 178 Å². The highest BCUT2D eigenvalue weighted by atomic mass is 16.8. The van der Waals surface area contributed by atoms with Gasteiger partial charge in [-0.2, -0.15) is 0 Å². The summed E-state index contributed by atoms with van der Waals surface area (Å²) >= 11 is 0. The highest BCUT2D eigenvalue weighted by Crippen LogP contribution is 2.42. The van der Waals surface area contributed by atoms with Gasteiger partial charge in [0.1, 0.15) is 268 Å². The molecule has 11 aliphatic heterocycles. The van der Waals surface area contributed by atoms with Crippen LogP contribution in [-0.2, 0) is 109 Å². The molecule has 58 heteroatoms. The number of rotatable bonds is 33. The van der Waals surface area contributed by atoms with Crippen LogP contribution < -0.4 is 10.6 Å². The predicted octanol–water partition coefficient (Wildman–Crippen LogP) is -24.7. The number of hydrogen-bond acceptors (Lipinski definition) is 56. The topological polar surface area (TPSA) is 920 Å². The van der Waals surface area contributed by atoms with Gasteiger partial charge in [-0.25, -0.2) is 0 Å². The third kappa shape index (κ3) is 22.5. The van der Waals surface area contributed by atoms with E-state index in [1.165, 1.54) is 0 Å². The van der Waals surface area contributed by atoms with Crippen LogP contribution in [0.2, 0.25) is 0 Å². The van der Waals surface area contributed by atoms with Crippen molar-refractivity contribution in [2.75, 3.05) is 72.7 Å². The van der Waals surface area contributed by atoms with Crippen LogP contribution in [0.5, 0.6) is 0 Å². The fourth-order valence-corrected chi connectivity index (χ4v) is 16.5. The van der Waals surface area contributed by atoms with E-state index in [1.807, 2.05) is 0 Å². The molecule has 58 nitrogen and oxygen atoms in total. The minimum Gasteiger partial charge on any atom is -0.394 e. The number of carbonyl (C=O) groups is 2. The van der Waals surface area contributed by atoms with Crippen molar-refractivity contribution in [2.45, 2.75) is 351 Å². The number of ether oxygens (including phenoxy) is 21. The van der Waals surface area contributed by atoms with Crippen molar-refractivity contribution >= 4 is 11.8 Å². The first-order chi connectivity index (χ1) is 60.7. The van der Waals surface area contributed by atoms with Crippen LogP contribution in [0.15, 0.2) is 0 Å². The second-order valence-electron chi connectivity index (χ2n) is 32.3. The normalized spacial score (nSPS) is 51.7. The summed E-state index contributed by atoms with van der Waals surface area (Å²) in [5.41, 5.74) is 0. The molecule has 0 radical (unpaired) electrons. The summed E-state index contributed by atoms with van der Waals surface area (Å²) in [5.74, 6) is -1.82. The summed E-state index contributed by atoms with van der Waals surface area (Å²) < 4.78 is 124. The molecule has 11 rings (SSSR count). The lowest BCUT2D eigenvalue weighted by molar-refractivity contribution is -0.408. The number of carbonyl (C=O) groups excluding carboxylic acids is 2. The smallest absolute Gasteiger partial charge is 0.217 e. The first kappa shape index (κ1) is 105. The fraction of sp³-hybridized carbons (Fsp3) is 0.971. The molecule has 0 spiro atoms. The highest BCUT2D eigenvalue weighted by molar-refractivity contribution is 5.73. The molecule has 0 bridgehead atoms. The van der Waals surface area contributed by atoms with Crippen LogP contribution in [0.1, 0.15) is 13.8 Å². The van der Waals surface area contributed by atoms with Crippen molar-refractivity contribution < 1.29 is 278 Å². The Balaban J connectivity index is 0.961. The summed E-state index contributed by atoms with van der Waals surface area (Å²) in [7, 11) is 0. The van der Waals surface area contributed by atoms with E-state index >= 15 is 0 Å². The zero-order valence-electron chi connectivity index (χ0n) is 67.7. The van der Waals surface area contributed by atoms with Gasteiger partial charge in [0.05, 0.1) is 72.7 Å². The van der Waals surface area contributed by atoms with Gasteiger partial charge in [-0.05, 0) is 0 Å². The summed E-state index contributed by atoms with van der Waals surface area (Å²) in [4.78, 5) is 25.4. The first-order valence-corrected chi connectivity index (χ1v) is 40.7. The maximum Gasteiger partial charge on any atom is 0.217 e. The molecule has 0 saturated carbocycles. The summed E-state index contributed by atoms with van der Waals surface area (Å²) in [5, 5.41) is 372. The Hall–Kier alpha value is -3.22. The molecule has 11 heterocycles. The molecule has 0 aliphatic carbocycles.